The van der Waals surface area contributed by atoms with Crippen molar-refractivity contribution in [1.82, 2.24) is 10.2 Å². The molecule has 0 atom stereocenters. The van der Waals surface area contributed by atoms with Crippen LogP contribution < -0.4 is 5.32 Å². The molecule has 1 aliphatic heterocycles. The van der Waals surface area contributed by atoms with Gasteiger partial charge in [-0.1, -0.05) is 0 Å². The number of nitrogens with one attached hydrogen (secondary N) is 1. The molecule has 0 radical (unpaired) electrons. The molecule has 1 aromatic carbocycles. The zero-order chi connectivity index (χ0) is 13.1. The Balaban J connectivity index is 2.05. The highest BCUT2D eigenvalue weighted by molar-refractivity contribution is 5.98. The monoisotopic (exact) mass is 254 g/mol. The molecule has 1 fully saturated rings. The van der Waals surface area contributed by atoms with Crippen molar-refractivity contribution in [2.24, 2.45) is 0 Å². The minimum atomic E-state index is -0.874. The van der Waals surface area contributed by atoms with Gasteiger partial charge in [-0.05, 0) is 12.1 Å². The van der Waals surface area contributed by atoms with Crippen LogP contribution in [0.5, 0.6) is 0 Å². The quantitative estimate of drug-likeness (QED) is 0.803. The summed E-state index contributed by atoms with van der Waals surface area (Å²) in [5, 5.41) is 2.63. The van der Waals surface area contributed by atoms with Gasteiger partial charge in [0.1, 0.15) is 11.6 Å². The molecule has 4 nitrogen and oxygen atoms in total. The standard InChI is InChI=1S/C12H12F2N2O2/c13-8-1-2-9(10(14)5-8)11(17)6-16-4-3-15-12(18)7-16/h1-2,5H,3-4,6-7H2,(H,15,18). The fraction of sp³-hybridized carbons (Fsp3) is 0.333. The van der Waals surface area contributed by atoms with Gasteiger partial charge in [-0.2, -0.15) is 0 Å². The number of carbonyl (C=O) groups is 2. The molecule has 0 aliphatic carbocycles. The second-order valence-electron chi connectivity index (χ2n) is 4.11. The van der Waals surface area contributed by atoms with E-state index in [0.29, 0.717) is 19.2 Å². The van der Waals surface area contributed by atoms with Crippen molar-refractivity contribution < 1.29 is 18.4 Å². The maximum Gasteiger partial charge on any atom is 0.234 e. The number of ketones is 1. The van der Waals surface area contributed by atoms with E-state index in [-0.39, 0.29) is 24.6 Å². The minimum absolute atomic E-state index is 0.0457. The molecule has 18 heavy (non-hydrogen) atoms. The molecular formula is C12H12F2N2O2. The van der Waals surface area contributed by atoms with Crippen LogP contribution in [-0.4, -0.2) is 42.8 Å². The van der Waals surface area contributed by atoms with Crippen LogP contribution in [0.1, 0.15) is 10.4 Å². The molecule has 0 spiro atoms. The van der Waals surface area contributed by atoms with E-state index >= 15 is 0 Å². The maximum absolute atomic E-state index is 13.4. The number of hydrogen-bond acceptors (Lipinski definition) is 3. The summed E-state index contributed by atoms with van der Waals surface area (Å²) in [4.78, 5) is 24.6. The number of halogens is 2. The van der Waals surface area contributed by atoms with Gasteiger partial charge in [-0.15, -0.1) is 0 Å². The Bertz CT molecular complexity index is 491. The van der Waals surface area contributed by atoms with Gasteiger partial charge >= 0.3 is 0 Å². The summed E-state index contributed by atoms with van der Waals surface area (Å²) in [5.41, 5.74) is -0.151. The van der Waals surface area contributed by atoms with Crippen LogP contribution in [0.25, 0.3) is 0 Å². The predicted molar refractivity (Wildman–Crippen MR) is 60.1 cm³/mol. The Kier molecular flexibility index (Phi) is 3.66. The largest absolute Gasteiger partial charge is 0.354 e. The molecule has 96 valence electrons. The lowest BCUT2D eigenvalue weighted by atomic mass is 10.1. The van der Waals surface area contributed by atoms with Gasteiger partial charge in [0.2, 0.25) is 5.91 Å². The van der Waals surface area contributed by atoms with Gasteiger partial charge in [0.05, 0.1) is 18.7 Å². The number of amides is 1. The lowest BCUT2D eigenvalue weighted by Crippen LogP contribution is -2.49. The SMILES string of the molecule is O=C1CN(CC(=O)c2ccc(F)cc2F)CCN1. The van der Waals surface area contributed by atoms with Crippen molar-refractivity contribution in [3.63, 3.8) is 0 Å². The summed E-state index contributed by atoms with van der Waals surface area (Å²) < 4.78 is 26.1. The topological polar surface area (TPSA) is 49.4 Å². The van der Waals surface area contributed by atoms with E-state index in [9.17, 15) is 18.4 Å². The minimum Gasteiger partial charge on any atom is -0.354 e. The van der Waals surface area contributed by atoms with E-state index < -0.39 is 17.4 Å². The Labute approximate surface area is 103 Å². The van der Waals surface area contributed by atoms with Crippen molar-refractivity contribution in [3.8, 4) is 0 Å². The third-order valence-corrected chi connectivity index (χ3v) is 2.72. The van der Waals surface area contributed by atoms with E-state index in [1.165, 1.54) is 0 Å². The molecule has 0 saturated carbocycles. The van der Waals surface area contributed by atoms with Gasteiger partial charge in [-0.25, -0.2) is 8.78 Å². The summed E-state index contributed by atoms with van der Waals surface area (Å²) in [5.74, 6) is -2.21. The van der Waals surface area contributed by atoms with Crippen molar-refractivity contribution in [3.05, 3.63) is 35.4 Å². The van der Waals surface area contributed by atoms with Crippen LogP contribution in [0.15, 0.2) is 18.2 Å². The van der Waals surface area contributed by atoms with Gasteiger partial charge < -0.3 is 5.32 Å². The second kappa shape index (κ2) is 5.22. The normalized spacial score (nSPS) is 16.4. The van der Waals surface area contributed by atoms with Crippen molar-refractivity contribution in [2.75, 3.05) is 26.2 Å². The van der Waals surface area contributed by atoms with E-state index in [2.05, 4.69) is 5.32 Å². The van der Waals surface area contributed by atoms with E-state index in [0.717, 1.165) is 12.1 Å². The molecule has 0 bridgehead atoms. The summed E-state index contributed by atoms with van der Waals surface area (Å²) in [7, 11) is 0. The number of nitrogens with zero attached hydrogens (tertiary/aromatic N) is 1. The molecule has 1 heterocycles. The molecule has 1 N–H and O–H groups in total. The van der Waals surface area contributed by atoms with Crippen LogP contribution in [0, 0.1) is 11.6 Å². The van der Waals surface area contributed by atoms with Crippen LogP contribution >= 0.6 is 0 Å². The van der Waals surface area contributed by atoms with Crippen LogP contribution in [0.4, 0.5) is 8.78 Å². The third kappa shape index (κ3) is 2.89. The highest BCUT2D eigenvalue weighted by Crippen LogP contribution is 2.11. The summed E-state index contributed by atoms with van der Waals surface area (Å²) in [6.07, 6.45) is 0. The summed E-state index contributed by atoms with van der Waals surface area (Å²) >= 11 is 0. The van der Waals surface area contributed by atoms with Gasteiger partial charge in [0, 0.05) is 19.2 Å². The smallest absolute Gasteiger partial charge is 0.234 e. The fourth-order valence-corrected chi connectivity index (χ4v) is 1.83. The molecule has 1 amide bonds. The zero-order valence-corrected chi connectivity index (χ0v) is 9.58. The number of hydrogen-bond donors (Lipinski definition) is 1. The number of rotatable bonds is 3. The predicted octanol–water partition coefficient (Wildman–Crippen LogP) is 0.579. The average Bonchev–Trinajstić information content (AvgIpc) is 2.28. The van der Waals surface area contributed by atoms with Gasteiger partial charge in [-0.3, -0.25) is 14.5 Å². The first-order valence-electron chi connectivity index (χ1n) is 5.53. The van der Waals surface area contributed by atoms with Gasteiger partial charge in [0.15, 0.2) is 5.78 Å². The van der Waals surface area contributed by atoms with Gasteiger partial charge in [0.25, 0.3) is 0 Å². The first-order chi connectivity index (χ1) is 8.56. The van der Waals surface area contributed by atoms with Crippen molar-refractivity contribution in [2.45, 2.75) is 0 Å². The highest BCUT2D eigenvalue weighted by atomic mass is 19.1. The Morgan fingerprint density at radius 3 is 2.83 bits per heavy atom. The number of benzene rings is 1. The molecule has 1 aliphatic rings. The molecule has 0 aromatic heterocycles. The summed E-state index contributed by atoms with van der Waals surface area (Å²) in [6, 6.07) is 2.84. The lowest BCUT2D eigenvalue weighted by molar-refractivity contribution is -0.123. The Morgan fingerprint density at radius 1 is 1.39 bits per heavy atom. The summed E-state index contributed by atoms with van der Waals surface area (Å²) in [6.45, 7) is 1.09. The number of carbonyl (C=O) groups excluding carboxylic acids is 2. The maximum atomic E-state index is 13.4. The Morgan fingerprint density at radius 2 is 2.17 bits per heavy atom. The second-order valence-corrected chi connectivity index (χ2v) is 4.11. The first kappa shape index (κ1) is 12.6. The van der Waals surface area contributed by atoms with Crippen LogP contribution in [0.3, 0.4) is 0 Å². The average molecular weight is 254 g/mol. The number of piperazine rings is 1. The van der Waals surface area contributed by atoms with E-state index in [4.69, 9.17) is 0 Å². The van der Waals surface area contributed by atoms with Crippen molar-refractivity contribution in [1.29, 1.82) is 0 Å². The molecule has 2 rings (SSSR count). The Hall–Kier alpha value is -1.82. The number of Topliss-reactive ketones (excluding diaryl/α,β-unsaturated/α-hetero) is 1. The lowest BCUT2D eigenvalue weighted by Gasteiger charge is -2.25. The molecular weight excluding hydrogens is 242 g/mol. The van der Waals surface area contributed by atoms with Crippen molar-refractivity contribution >= 4 is 11.7 Å². The third-order valence-electron chi connectivity index (χ3n) is 2.72. The highest BCUT2D eigenvalue weighted by Gasteiger charge is 2.20. The van der Waals surface area contributed by atoms with Crippen LogP contribution in [-0.2, 0) is 4.79 Å². The first-order valence-corrected chi connectivity index (χ1v) is 5.53. The molecule has 1 saturated heterocycles. The zero-order valence-electron chi connectivity index (χ0n) is 9.58. The van der Waals surface area contributed by atoms with Crippen LogP contribution in [0.2, 0.25) is 0 Å². The molecule has 0 unspecified atom stereocenters. The molecule has 6 heteroatoms. The fourth-order valence-electron chi connectivity index (χ4n) is 1.83. The van der Waals surface area contributed by atoms with E-state index in [1.54, 1.807) is 4.90 Å². The molecule has 1 aromatic rings. The van der Waals surface area contributed by atoms with E-state index in [1.807, 2.05) is 0 Å².